The fraction of sp³-hybridized carbons (Fsp3) is 0. The Morgan fingerprint density at radius 1 is 1.00 bits per heavy atom. The van der Waals surface area contributed by atoms with Crippen LogP contribution in [0.1, 0.15) is 1.43 Å². The molecule has 0 fully saturated rings. The molecule has 0 bridgehead atoms. The Morgan fingerprint density at radius 3 is 1.00 bits per heavy atom. The van der Waals surface area contributed by atoms with Crippen LogP contribution in [0.25, 0.3) is 0 Å². The van der Waals surface area contributed by atoms with Crippen molar-refractivity contribution in [3.63, 3.8) is 0 Å². The van der Waals surface area contributed by atoms with Gasteiger partial charge in [-0.2, -0.15) is 0 Å². The van der Waals surface area contributed by atoms with Gasteiger partial charge in [0.1, 0.15) is 0 Å². The zero-order valence-electron chi connectivity index (χ0n) is 3.60. The molecule has 4 heteroatoms. The summed E-state index contributed by atoms with van der Waals surface area (Å²) in [5.74, 6) is 0. The van der Waals surface area contributed by atoms with E-state index in [0.29, 0.717) is 0 Å². The second-order valence-electron chi connectivity index (χ2n) is 0. The molecule has 2 nitrogen and oxygen atoms in total. The van der Waals surface area contributed by atoms with Gasteiger partial charge in [-0.25, -0.2) is 0 Å². The second-order valence-corrected chi connectivity index (χ2v) is 0. The normalized spacial score (nSPS) is 0. The predicted octanol–water partition coefficient (Wildman–Crippen LogP) is -3.62. The third kappa shape index (κ3) is 8.84. The van der Waals surface area contributed by atoms with E-state index in [1.54, 1.807) is 0 Å². The zero-order valence-corrected chi connectivity index (χ0v) is 7.93. The topological polar surface area (TPSA) is 60.0 Å². The predicted molar refractivity (Wildman–Crippen MR) is 10.7 cm³/mol. The van der Waals surface area contributed by atoms with Crippen molar-refractivity contribution < 1.29 is 63.8 Å². The van der Waals surface area contributed by atoms with Gasteiger partial charge in [0.15, 0.2) is 0 Å². The molecule has 0 saturated carbocycles. The van der Waals surface area contributed by atoms with Gasteiger partial charge in [0.2, 0.25) is 0 Å². The van der Waals surface area contributed by atoms with E-state index in [-0.39, 0.29) is 102 Å². The van der Waals surface area contributed by atoms with Crippen LogP contribution in [0, 0.1) is 0 Å². The van der Waals surface area contributed by atoms with E-state index in [1.807, 2.05) is 0 Å². The van der Waals surface area contributed by atoms with E-state index in [0.717, 1.165) is 0 Å². The molecule has 2 N–H and O–H groups in total. The van der Waals surface area contributed by atoms with Crippen molar-refractivity contribution in [3.8, 4) is 0 Å². The van der Waals surface area contributed by atoms with Crippen molar-refractivity contribution >= 4 is 37.7 Å². The molecule has 0 unspecified atom stereocenters. The van der Waals surface area contributed by atoms with Crippen molar-refractivity contribution in [2.75, 3.05) is 0 Å². The summed E-state index contributed by atoms with van der Waals surface area (Å²) in [6, 6.07) is 0. The Morgan fingerprint density at radius 2 is 1.00 bits per heavy atom. The van der Waals surface area contributed by atoms with E-state index in [1.165, 1.54) is 0 Å². The summed E-state index contributed by atoms with van der Waals surface area (Å²) in [4.78, 5) is 0. The van der Waals surface area contributed by atoms with Crippen LogP contribution < -0.4 is 51.4 Å². The van der Waals surface area contributed by atoms with Gasteiger partial charge >= 0.3 is 89.1 Å². The summed E-state index contributed by atoms with van der Waals surface area (Å²) >= 11 is 0. The van der Waals surface area contributed by atoms with Crippen LogP contribution in [-0.2, 0) is 0 Å². The summed E-state index contributed by atoms with van der Waals surface area (Å²) in [6.45, 7) is 0. The molecule has 0 heterocycles. The Bertz CT molecular complexity index is 9.61. The van der Waals surface area contributed by atoms with Gasteiger partial charge in [-0.1, -0.05) is 0 Å². The fourth-order valence-electron chi connectivity index (χ4n) is 0. The Labute approximate surface area is 98.9 Å². The van der Waals surface area contributed by atoms with Gasteiger partial charge in [0.05, 0.1) is 0 Å². The quantitative estimate of drug-likeness (QED) is 0.305. The number of hydrogen-bond acceptors (Lipinski definition) is 2. The molecule has 0 spiro atoms. The van der Waals surface area contributed by atoms with Crippen LogP contribution in [0.3, 0.4) is 0 Å². The standard InChI is InChI=1S/Ca.K.2H2O.H/h;;2*1H2;/q+2;+1;;;-1/p-2. The minimum atomic E-state index is 0. The van der Waals surface area contributed by atoms with Crippen LogP contribution in [0.15, 0.2) is 0 Å². The first-order chi connectivity index (χ1) is 0. The number of hydrogen-bond donors (Lipinski definition) is 0. The van der Waals surface area contributed by atoms with Gasteiger partial charge < -0.3 is 12.4 Å². The molecule has 0 atom stereocenters. The summed E-state index contributed by atoms with van der Waals surface area (Å²) < 4.78 is 0. The molecule has 0 rings (SSSR count). The average molecular weight is 114 g/mol. The monoisotopic (exact) mass is 114 g/mol. The summed E-state index contributed by atoms with van der Waals surface area (Å²) in [7, 11) is 0. The average Bonchev–Trinajstić information content (AvgIpc) is 0. The Balaban J connectivity index is 0. The van der Waals surface area contributed by atoms with Crippen LogP contribution in [0.4, 0.5) is 0 Å². The van der Waals surface area contributed by atoms with Crippen LogP contribution >= 0.6 is 0 Å². The molecule has 0 radical (unpaired) electrons. The van der Waals surface area contributed by atoms with Gasteiger partial charge in [0, 0.05) is 0 Å². The molecule has 0 aromatic heterocycles. The second kappa shape index (κ2) is 17.0. The molecular weight excluding hydrogens is 111 g/mol. The van der Waals surface area contributed by atoms with E-state index < -0.39 is 0 Å². The molecule has 4 heavy (non-hydrogen) atoms. The van der Waals surface area contributed by atoms with Crippen LogP contribution in [-0.4, -0.2) is 48.7 Å². The van der Waals surface area contributed by atoms with Gasteiger partial charge in [-0.15, -0.1) is 0 Å². The maximum Gasteiger partial charge on any atom is 2.00 e. The van der Waals surface area contributed by atoms with Crippen molar-refractivity contribution in [1.82, 2.24) is 0 Å². The van der Waals surface area contributed by atoms with Crippen molar-refractivity contribution in [2.24, 2.45) is 0 Å². The summed E-state index contributed by atoms with van der Waals surface area (Å²) in [5.41, 5.74) is 0. The SMILES string of the molecule is [Ca+2].[H-].[K+].[OH-].[OH-]. The number of rotatable bonds is 0. The third-order valence-corrected chi connectivity index (χ3v) is 0. The molecule has 0 aliphatic heterocycles. The van der Waals surface area contributed by atoms with Gasteiger partial charge in [-0.05, 0) is 0 Å². The molecule has 0 aromatic rings. The fourth-order valence-corrected chi connectivity index (χ4v) is 0. The minimum absolute atomic E-state index is 0. The van der Waals surface area contributed by atoms with Gasteiger partial charge in [-0.3, -0.25) is 0 Å². The van der Waals surface area contributed by atoms with E-state index >= 15 is 0 Å². The maximum atomic E-state index is 0. The van der Waals surface area contributed by atoms with Crippen molar-refractivity contribution in [3.05, 3.63) is 0 Å². The molecule has 0 aliphatic rings. The van der Waals surface area contributed by atoms with E-state index in [2.05, 4.69) is 0 Å². The van der Waals surface area contributed by atoms with Crippen molar-refractivity contribution in [2.45, 2.75) is 0 Å². The molecule has 0 aliphatic carbocycles. The minimum Gasteiger partial charge on any atom is -1.00 e. The van der Waals surface area contributed by atoms with Gasteiger partial charge in [0.25, 0.3) is 0 Å². The van der Waals surface area contributed by atoms with E-state index in [4.69, 9.17) is 0 Å². The maximum absolute atomic E-state index is 0. The Hall–Kier alpha value is 2.82. The molecule has 0 amide bonds. The van der Waals surface area contributed by atoms with Crippen LogP contribution in [0.2, 0.25) is 0 Å². The summed E-state index contributed by atoms with van der Waals surface area (Å²) in [5, 5.41) is 0. The summed E-state index contributed by atoms with van der Waals surface area (Å²) in [6.07, 6.45) is 0. The first kappa shape index (κ1) is 29.1. The zero-order chi connectivity index (χ0) is 0. The Kier molecular flexibility index (Phi) is 124. The van der Waals surface area contributed by atoms with E-state index in [9.17, 15) is 0 Å². The largest absolute Gasteiger partial charge is 2.00 e. The van der Waals surface area contributed by atoms with Crippen molar-refractivity contribution in [1.29, 1.82) is 0 Å². The smallest absolute Gasteiger partial charge is 1.00 e. The first-order valence-electron chi connectivity index (χ1n) is 0. The molecule has 18 valence electrons. The molecule has 0 saturated heterocycles. The third-order valence-electron chi connectivity index (χ3n) is 0. The first-order valence-corrected chi connectivity index (χ1v) is 0. The van der Waals surface area contributed by atoms with Crippen LogP contribution in [0.5, 0.6) is 0 Å². The molecular formula is H3CaKO2. The molecule has 0 aromatic carbocycles.